The molecular weight excluding hydrogens is 357 g/mol. The number of halogens is 1. The van der Waals surface area contributed by atoms with Gasteiger partial charge in [0, 0.05) is 17.3 Å². The van der Waals surface area contributed by atoms with Crippen molar-refractivity contribution in [2.24, 2.45) is 0 Å². The molecule has 1 saturated heterocycles. The molecule has 0 saturated carbocycles. The van der Waals surface area contributed by atoms with Gasteiger partial charge in [0.2, 0.25) is 5.91 Å². The van der Waals surface area contributed by atoms with Gasteiger partial charge in [0.05, 0.1) is 31.8 Å². The van der Waals surface area contributed by atoms with Gasteiger partial charge in [0.1, 0.15) is 11.4 Å². The van der Waals surface area contributed by atoms with Gasteiger partial charge in [-0.2, -0.15) is 0 Å². The number of hydrogen-bond donors (Lipinski definition) is 0. The average Bonchev–Trinajstić information content (AvgIpc) is 3.06. The minimum Gasteiger partial charge on any atom is -0.360 e. The molecule has 0 atom stereocenters. The van der Waals surface area contributed by atoms with Crippen LogP contribution in [0.1, 0.15) is 16.8 Å². The van der Waals surface area contributed by atoms with Crippen molar-refractivity contribution in [1.82, 2.24) is 14.9 Å². The van der Waals surface area contributed by atoms with E-state index in [2.05, 4.69) is 9.97 Å². The SMILES string of the molecule is O=C(Cc1cccc(F)c1)N1CC2(C1)OCc1nc(-c3ccccc3)ncc12. The van der Waals surface area contributed by atoms with E-state index in [0.29, 0.717) is 31.1 Å². The lowest BCUT2D eigenvalue weighted by Gasteiger charge is -2.47. The van der Waals surface area contributed by atoms with E-state index in [9.17, 15) is 9.18 Å². The van der Waals surface area contributed by atoms with Crippen molar-refractivity contribution in [3.05, 3.63) is 83.4 Å². The molecule has 6 heteroatoms. The fourth-order valence-electron chi connectivity index (χ4n) is 3.86. The van der Waals surface area contributed by atoms with Crippen LogP contribution < -0.4 is 0 Å². The normalized spacial score (nSPS) is 16.7. The first-order chi connectivity index (χ1) is 13.6. The molecule has 5 rings (SSSR count). The van der Waals surface area contributed by atoms with Gasteiger partial charge in [-0.15, -0.1) is 0 Å². The Balaban J connectivity index is 1.30. The summed E-state index contributed by atoms with van der Waals surface area (Å²) < 4.78 is 19.3. The van der Waals surface area contributed by atoms with E-state index in [1.165, 1.54) is 12.1 Å². The number of fused-ring (bicyclic) bond motifs is 2. The minimum absolute atomic E-state index is 0.0323. The predicted octanol–water partition coefficient (Wildman–Crippen LogP) is 3.09. The van der Waals surface area contributed by atoms with E-state index >= 15 is 0 Å². The summed E-state index contributed by atoms with van der Waals surface area (Å²) in [5.74, 6) is 0.318. The molecule has 3 heterocycles. The molecule has 0 N–H and O–H groups in total. The molecule has 28 heavy (non-hydrogen) atoms. The van der Waals surface area contributed by atoms with Crippen LogP contribution >= 0.6 is 0 Å². The third-order valence-corrected chi connectivity index (χ3v) is 5.37. The van der Waals surface area contributed by atoms with E-state index < -0.39 is 5.60 Å². The lowest BCUT2D eigenvalue weighted by atomic mass is 9.87. The summed E-state index contributed by atoms with van der Waals surface area (Å²) in [7, 11) is 0. The number of likely N-dealkylation sites (tertiary alicyclic amines) is 1. The zero-order chi connectivity index (χ0) is 19.1. The quantitative estimate of drug-likeness (QED) is 0.706. The monoisotopic (exact) mass is 375 g/mol. The molecule has 140 valence electrons. The topological polar surface area (TPSA) is 55.3 Å². The number of ether oxygens (including phenoxy) is 1. The lowest BCUT2D eigenvalue weighted by Crippen LogP contribution is -2.61. The maximum Gasteiger partial charge on any atom is 0.227 e. The van der Waals surface area contributed by atoms with E-state index in [1.807, 2.05) is 36.5 Å². The molecule has 1 aromatic heterocycles. The highest BCUT2D eigenvalue weighted by Crippen LogP contribution is 2.43. The van der Waals surface area contributed by atoms with Crippen molar-refractivity contribution in [2.75, 3.05) is 13.1 Å². The molecule has 0 aliphatic carbocycles. The number of benzene rings is 2. The summed E-state index contributed by atoms with van der Waals surface area (Å²) in [6.07, 6.45) is 2.01. The van der Waals surface area contributed by atoms with Crippen molar-refractivity contribution in [2.45, 2.75) is 18.6 Å². The predicted molar refractivity (Wildman–Crippen MR) is 101 cm³/mol. The lowest BCUT2D eigenvalue weighted by molar-refractivity contribution is -0.168. The Hall–Kier alpha value is -3.12. The van der Waals surface area contributed by atoms with Crippen molar-refractivity contribution < 1.29 is 13.9 Å². The minimum atomic E-state index is -0.512. The fraction of sp³-hybridized carbons (Fsp3) is 0.227. The smallest absolute Gasteiger partial charge is 0.227 e. The summed E-state index contributed by atoms with van der Waals surface area (Å²) in [5.41, 5.74) is 2.97. The zero-order valence-electron chi connectivity index (χ0n) is 15.1. The van der Waals surface area contributed by atoms with Gasteiger partial charge in [0.25, 0.3) is 0 Å². The standard InChI is InChI=1S/C22H18FN3O2/c23-17-8-4-5-15(9-17)10-20(27)26-13-22(14-26)18-11-24-21(25-19(18)12-28-22)16-6-2-1-3-7-16/h1-9,11H,10,12-14H2. The van der Waals surface area contributed by atoms with Gasteiger partial charge >= 0.3 is 0 Å². The molecule has 2 aromatic carbocycles. The summed E-state index contributed by atoms with van der Waals surface area (Å²) in [4.78, 5) is 23.4. The Labute approximate surface area is 161 Å². The van der Waals surface area contributed by atoms with Crippen LogP contribution in [0.5, 0.6) is 0 Å². The van der Waals surface area contributed by atoms with Crippen molar-refractivity contribution >= 4 is 5.91 Å². The molecule has 0 bridgehead atoms. The largest absolute Gasteiger partial charge is 0.360 e. The van der Waals surface area contributed by atoms with Crippen LogP contribution in [0.15, 0.2) is 60.8 Å². The average molecular weight is 375 g/mol. The number of hydrogen-bond acceptors (Lipinski definition) is 4. The number of amides is 1. The van der Waals surface area contributed by atoms with Crippen LogP contribution in [0.25, 0.3) is 11.4 Å². The van der Waals surface area contributed by atoms with Crippen LogP contribution in [0.4, 0.5) is 4.39 Å². The Morgan fingerprint density at radius 3 is 2.75 bits per heavy atom. The van der Waals surface area contributed by atoms with Crippen LogP contribution in [-0.2, 0) is 28.2 Å². The van der Waals surface area contributed by atoms with Crippen LogP contribution in [0.2, 0.25) is 0 Å². The number of carbonyl (C=O) groups excluding carboxylic acids is 1. The Bertz CT molecular complexity index is 1050. The molecule has 2 aliphatic heterocycles. The summed E-state index contributed by atoms with van der Waals surface area (Å²) in [5, 5.41) is 0. The molecule has 0 radical (unpaired) electrons. The van der Waals surface area contributed by atoms with Crippen LogP contribution in [0.3, 0.4) is 0 Å². The molecule has 1 amide bonds. The Morgan fingerprint density at radius 1 is 1.14 bits per heavy atom. The second-order valence-corrected chi connectivity index (χ2v) is 7.26. The van der Waals surface area contributed by atoms with Gasteiger partial charge in [-0.1, -0.05) is 42.5 Å². The Morgan fingerprint density at radius 2 is 1.96 bits per heavy atom. The van der Waals surface area contributed by atoms with Gasteiger partial charge in [-0.25, -0.2) is 14.4 Å². The Kier molecular flexibility index (Phi) is 3.94. The summed E-state index contributed by atoms with van der Waals surface area (Å²) in [6, 6.07) is 16.0. The molecule has 5 nitrogen and oxygen atoms in total. The van der Waals surface area contributed by atoms with Crippen LogP contribution in [-0.4, -0.2) is 33.9 Å². The maximum absolute atomic E-state index is 13.3. The van der Waals surface area contributed by atoms with E-state index in [1.54, 1.807) is 17.0 Å². The zero-order valence-corrected chi connectivity index (χ0v) is 15.1. The number of aromatic nitrogens is 2. The van der Waals surface area contributed by atoms with Gasteiger partial charge < -0.3 is 9.64 Å². The first-order valence-corrected chi connectivity index (χ1v) is 9.21. The summed E-state index contributed by atoms with van der Waals surface area (Å²) in [6.45, 7) is 1.37. The van der Waals surface area contributed by atoms with E-state index in [0.717, 1.165) is 16.8 Å². The van der Waals surface area contributed by atoms with Crippen molar-refractivity contribution in [3.8, 4) is 11.4 Å². The molecule has 1 spiro atoms. The molecular formula is C22H18FN3O2. The molecule has 1 fully saturated rings. The van der Waals surface area contributed by atoms with Crippen molar-refractivity contribution in [1.29, 1.82) is 0 Å². The molecule has 0 unspecified atom stereocenters. The van der Waals surface area contributed by atoms with Gasteiger partial charge in [0.15, 0.2) is 5.82 Å². The van der Waals surface area contributed by atoms with Gasteiger partial charge in [-0.05, 0) is 17.7 Å². The first-order valence-electron chi connectivity index (χ1n) is 9.21. The van der Waals surface area contributed by atoms with Crippen LogP contribution in [0, 0.1) is 5.82 Å². The highest BCUT2D eigenvalue weighted by molar-refractivity contribution is 5.80. The third kappa shape index (κ3) is 2.86. The second-order valence-electron chi connectivity index (χ2n) is 7.26. The number of nitrogens with zero attached hydrogens (tertiary/aromatic N) is 3. The maximum atomic E-state index is 13.3. The fourth-order valence-corrected chi connectivity index (χ4v) is 3.86. The highest BCUT2D eigenvalue weighted by Gasteiger charge is 2.52. The van der Waals surface area contributed by atoms with E-state index in [4.69, 9.17) is 4.74 Å². The third-order valence-electron chi connectivity index (χ3n) is 5.37. The number of carbonyl (C=O) groups is 1. The number of rotatable bonds is 3. The van der Waals surface area contributed by atoms with E-state index in [-0.39, 0.29) is 18.1 Å². The molecule has 2 aliphatic rings. The highest BCUT2D eigenvalue weighted by atomic mass is 19.1. The van der Waals surface area contributed by atoms with Crippen molar-refractivity contribution in [3.63, 3.8) is 0 Å². The summed E-state index contributed by atoms with van der Waals surface area (Å²) >= 11 is 0. The molecule has 3 aromatic rings. The van der Waals surface area contributed by atoms with Gasteiger partial charge in [-0.3, -0.25) is 4.79 Å². The first kappa shape index (κ1) is 17.0. The second kappa shape index (κ2) is 6.49.